The fourth-order valence-electron chi connectivity index (χ4n) is 1.49. The highest BCUT2D eigenvalue weighted by Crippen LogP contribution is 2.01. The van der Waals surface area contributed by atoms with Crippen LogP contribution < -0.4 is 0 Å². The van der Waals surface area contributed by atoms with Crippen molar-refractivity contribution in [3.05, 3.63) is 0 Å². The van der Waals surface area contributed by atoms with Gasteiger partial charge in [0.25, 0.3) is 10.1 Å². The van der Waals surface area contributed by atoms with Crippen LogP contribution >= 0.6 is 0 Å². The monoisotopic (exact) mass is 251 g/mol. The Morgan fingerprint density at radius 1 is 1.06 bits per heavy atom. The molecule has 0 saturated heterocycles. The van der Waals surface area contributed by atoms with E-state index in [1.807, 2.05) is 0 Å². The Kier molecular flexibility index (Phi) is 8.89. The van der Waals surface area contributed by atoms with E-state index < -0.39 is 10.1 Å². The smallest absolute Gasteiger partial charge is 0.267 e. The lowest BCUT2D eigenvalue weighted by Gasteiger charge is -2.15. The van der Waals surface area contributed by atoms with E-state index in [-0.39, 0.29) is 5.75 Å². The molecule has 0 amide bonds. The summed E-state index contributed by atoms with van der Waals surface area (Å²) in [7, 11) is 0.0414. The molecule has 4 nitrogen and oxygen atoms in total. The summed E-state index contributed by atoms with van der Waals surface area (Å²) in [6.45, 7) is 4.25. The molecule has 0 rings (SSSR count). The first-order valence-electron chi connectivity index (χ1n) is 5.98. The lowest BCUT2D eigenvalue weighted by Crippen LogP contribution is -2.21. The Balaban J connectivity index is 3.44. The fourth-order valence-corrected chi connectivity index (χ4v) is 2.21. The van der Waals surface area contributed by atoms with Gasteiger partial charge in [-0.15, -0.1) is 0 Å². The molecule has 0 unspecified atom stereocenters. The highest BCUT2D eigenvalue weighted by molar-refractivity contribution is 7.86. The van der Waals surface area contributed by atoms with Gasteiger partial charge in [-0.3, -0.25) is 4.18 Å². The molecule has 0 aliphatic rings. The van der Waals surface area contributed by atoms with Gasteiger partial charge in [0, 0.05) is 0 Å². The van der Waals surface area contributed by atoms with Crippen molar-refractivity contribution in [2.24, 2.45) is 0 Å². The van der Waals surface area contributed by atoms with E-state index in [9.17, 15) is 8.42 Å². The number of rotatable bonds is 10. The van der Waals surface area contributed by atoms with Gasteiger partial charge in [-0.25, -0.2) is 0 Å². The van der Waals surface area contributed by atoms with E-state index in [4.69, 9.17) is 0 Å². The second-order valence-corrected chi connectivity index (χ2v) is 6.00. The predicted molar refractivity (Wildman–Crippen MR) is 67.1 cm³/mol. The number of hydrogen-bond acceptors (Lipinski definition) is 4. The molecular formula is C11H25NO3S. The summed E-state index contributed by atoms with van der Waals surface area (Å²) in [5, 5.41) is 0. The maximum atomic E-state index is 11.0. The van der Waals surface area contributed by atoms with Crippen LogP contribution in [0, 0.1) is 0 Å². The quantitative estimate of drug-likeness (QED) is 0.439. The van der Waals surface area contributed by atoms with Crippen LogP contribution in [-0.4, -0.2) is 46.3 Å². The first kappa shape index (κ1) is 15.9. The first-order chi connectivity index (χ1) is 7.52. The van der Waals surface area contributed by atoms with Crippen molar-refractivity contribution in [1.82, 2.24) is 4.90 Å². The highest BCUT2D eigenvalue weighted by atomic mass is 32.2. The maximum absolute atomic E-state index is 11.0. The average molecular weight is 251 g/mol. The molecule has 0 N–H and O–H groups in total. The molecule has 0 radical (unpaired) electrons. The Labute approximate surface area is 100 Å². The zero-order chi connectivity index (χ0) is 12.4. The molecule has 16 heavy (non-hydrogen) atoms. The standard InChI is InChI=1S/C11H25NO3S/c1-4-5-6-9-12(2)10-7-8-11-16(13,14)15-3/h4-11H2,1-3H3. The summed E-state index contributed by atoms with van der Waals surface area (Å²) in [5.74, 6) is 0.131. The van der Waals surface area contributed by atoms with Crippen LogP contribution in [-0.2, 0) is 14.3 Å². The van der Waals surface area contributed by atoms with E-state index in [0.717, 1.165) is 19.5 Å². The molecule has 0 aliphatic heterocycles. The minimum Gasteiger partial charge on any atom is -0.306 e. The third kappa shape index (κ3) is 9.12. The first-order valence-corrected chi connectivity index (χ1v) is 7.56. The van der Waals surface area contributed by atoms with Gasteiger partial charge in [0.2, 0.25) is 0 Å². The maximum Gasteiger partial charge on any atom is 0.267 e. The van der Waals surface area contributed by atoms with Crippen LogP contribution in [0.25, 0.3) is 0 Å². The summed E-state index contributed by atoms with van der Waals surface area (Å²) >= 11 is 0. The van der Waals surface area contributed by atoms with Gasteiger partial charge in [0.05, 0.1) is 12.9 Å². The Morgan fingerprint density at radius 2 is 1.62 bits per heavy atom. The molecule has 0 aromatic rings. The molecule has 0 fully saturated rings. The zero-order valence-electron chi connectivity index (χ0n) is 10.7. The topological polar surface area (TPSA) is 46.6 Å². The van der Waals surface area contributed by atoms with Gasteiger partial charge in [0.1, 0.15) is 0 Å². The van der Waals surface area contributed by atoms with Crippen LogP contribution in [0.2, 0.25) is 0 Å². The lowest BCUT2D eigenvalue weighted by molar-refractivity contribution is 0.319. The molecule has 5 heteroatoms. The van der Waals surface area contributed by atoms with Crippen LogP contribution in [0.3, 0.4) is 0 Å². The van der Waals surface area contributed by atoms with E-state index in [0.29, 0.717) is 6.42 Å². The van der Waals surface area contributed by atoms with Crippen molar-refractivity contribution >= 4 is 10.1 Å². The normalized spacial score (nSPS) is 12.2. The molecule has 0 spiro atoms. The minimum absolute atomic E-state index is 0.131. The summed E-state index contributed by atoms with van der Waals surface area (Å²) in [6.07, 6.45) is 5.31. The molecule has 98 valence electrons. The summed E-state index contributed by atoms with van der Waals surface area (Å²) in [5.41, 5.74) is 0. The highest BCUT2D eigenvalue weighted by Gasteiger charge is 2.07. The van der Waals surface area contributed by atoms with E-state index >= 15 is 0 Å². The molecule has 0 saturated carbocycles. The number of unbranched alkanes of at least 4 members (excludes halogenated alkanes) is 3. The van der Waals surface area contributed by atoms with Crippen molar-refractivity contribution in [3.8, 4) is 0 Å². The zero-order valence-corrected chi connectivity index (χ0v) is 11.6. The lowest BCUT2D eigenvalue weighted by atomic mass is 10.2. The van der Waals surface area contributed by atoms with Gasteiger partial charge < -0.3 is 4.90 Å². The summed E-state index contributed by atoms with van der Waals surface area (Å²) < 4.78 is 26.4. The van der Waals surface area contributed by atoms with Gasteiger partial charge >= 0.3 is 0 Å². The van der Waals surface area contributed by atoms with Crippen LogP contribution in [0.5, 0.6) is 0 Å². The van der Waals surface area contributed by atoms with Crippen LogP contribution in [0.1, 0.15) is 39.0 Å². The van der Waals surface area contributed by atoms with E-state index in [1.54, 1.807) is 0 Å². The van der Waals surface area contributed by atoms with Crippen molar-refractivity contribution in [3.63, 3.8) is 0 Å². The molecule has 0 atom stereocenters. The molecule has 0 aromatic carbocycles. The molecular weight excluding hydrogens is 226 g/mol. The second-order valence-electron chi connectivity index (χ2n) is 4.15. The van der Waals surface area contributed by atoms with Gasteiger partial charge in [-0.1, -0.05) is 19.8 Å². The number of hydrogen-bond donors (Lipinski definition) is 0. The SMILES string of the molecule is CCCCCN(C)CCCCS(=O)(=O)OC. The second kappa shape index (κ2) is 8.96. The molecule has 0 aromatic heterocycles. The number of nitrogens with zero attached hydrogens (tertiary/aromatic N) is 1. The van der Waals surface area contributed by atoms with Crippen LogP contribution in [0.15, 0.2) is 0 Å². The van der Waals surface area contributed by atoms with E-state index in [2.05, 4.69) is 23.1 Å². The minimum atomic E-state index is -3.26. The van der Waals surface area contributed by atoms with Crippen molar-refractivity contribution < 1.29 is 12.6 Å². The van der Waals surface area contributed by atoms with Crippen molar-refractivity contribution in [2.45, 2.75) is 39.0 Å². The van der Waals surface area contributed by atoms with Crippen molar-refractivity contribution in [1.29, 1.82) is 0 Å². The molecule has 0 bridgehead atoms. The summed E-state index contributed by atoms with van der Waals surface area (Å²) in [6, 6.07) is 0. The fraction of sp³-hybridized carbons (Fsp3) is 1.00. The van der Waals surface area contributed by atoms with Gasteiger partial charge in [-0.05, 0) is 39.4 Å². The van der Waals surface area contributed by atoms with Crippen LogP contribution in [0.4, 0.5) is 0 Å². The Hall–Kier alpha value is -0.130. The third-order valence-electron chi connectivity index (χ3n) is 2.58. The largest absolute Gasteiger partial charge is 0.306 e. The van der Waals surface area contributed by atoms with Gasteiger partial charge in [-0.2, -0.15) is 8.42 Å². The molecule has 0 aliphatic carbocycles. The predicted octanol–water partition coefficient (Wildman–Crippen LogP) is 1.86. The van der Waals surface area contributed by atoms with Gasteiger partial charge in [0.15, 0.2) is 0 Å². The Morgan fingerprint density at radius 3 is 2.12 bits per heavy atom. The molecule has 0 heterocycles. The van der Waals surface area contributed by atoms with Crippen molar-refractivity contribution in [2.75, 3.05) is 33.0 Å². The average Bonchev–Trinajstić information content (AvgIpc) is 2.25. The third-order valence-corrected chi connectivity index (χ3v) is 3.88. The Bertz CT molecular complexity index is 252. The summed E-state index contributed by atoms with van der Waals surface area (Å²) in [4.78, 5) is 2.26. The van der Waals surface area contributed by atoms with E-state index in [1.165, 1.54) is 26.4 Å².